The van der Waals surface area contributed by atoms with E-state index in [2.05, 4.69) is 4.90 Å². The monoisotopic (exact) mass is 297 g/mol. The van der Waals surface area contributed by atoms with Gasteiger partial charge in [-0.15, -0.1) is 0 Å². The van der Waals surface area contributed by atoms with Crippen molar-refractivity contribution in [1.82, 2.24) is 4.90 Å². The van der Waals surface area contributed by atoms with Crippen LogP contribution >= 0.6 is 11.6 Å². The maximum absolute atomic E-state index is 11.3. The van der Waals surface area contributed by atoms with Gasteiger partial charge >= 0.3 is 5.97 Å². The molecule has 5 heteroatoms. The molecule has 1 fully saturated rings. The predicted octanol–water partition coefficient (Wildman–Crippen LogP) is 2.78. The van der Waals surface area contributed by atoms with Crippen molar-refractivity contribution in [2.45, 2.75) is 38.3 Å². The lowest BCUT2D eigenvalue weighted by Crippen LogP contribution is -2.37. The van der Waals surface area contributed by atoms with Crippen molar-refractivity contribution in [3.05, 3.63) is 34.3 Å². The van der Waals surface area contributed by atoms with E-state index >= 15 is 0 Å². The lowest BCUT2D eigenvalue weighted by atomic mass is 10.1. The number of nitrogens with zero attached hydrogens (tertiary/aromatic N) is 1. The Hall–Kier alpha value is -1.10. The molecule has 110 valence electrons. The van der Waals surface area contributed by atoms with Gasteiger partial charge in [0.15, 0.2) is 0 Å². The molecule has 1 aromatic carbocycles. The number of halogens is 1. The highest BCUT2D eigenvalue weighted by atomic mass is 35.5. The van der Waals surface area contributed by atoms with Crippen LogP contribution in [0.1, 0.15) is 41.6 Å². The molecule has 0 aromatic heterocycles. The van der Waals surface area contributed by atoms with Crippen molar-refractivity contribution in [3.63, 3.8) is 0 Å². The molecule has 0 amide bonds. The minimum Gasteiger partial charge on any atom is -0.478 e. The van der Waals surface area contributed by atoms with Crippen molar-refractivity contribution in [1.29, 1.82) is 0 Å². The fourth-order valence-corrected chi connectivity index (χ4v) is 3.01. The minimum absolute atomic E-state index is 0.0930. The molecule has 0 bridgehead atoms. The number of aromatic carboxylic acids is 1. The molecule has 1 saturated heterocycles. The molecule has 2 rings (SSSR count). The van der Waals surface area contributed by atoms with Crippen LogP contribution in [0.2, 0.25) is 5.02 Å². The maximum atomic E-state index is 11.3. The first kappa shape index (κ1) is 15.3. The normalized spacial score (nSPS) is 20.6. The van der Waals surface area contributed by atoms with Crippen molar-refractivity contribution < 1.29 is 15.0 Å². The molecular weight excluding hydrogens is 278 g/mol. The number of carbonyl (C=O) groups is 1. The van der Waals surface area contributed by atoms with E-state index in [4.69, 9.17) is 11.6 Å². The number of benzene rings is 1. The summed E-state index contributed by atoms with van der Waals surface area (Å²) in [5, 5.41) is 19.3. The van der Waals surface area contributed by atoms with Gasteiger partial charge < -0.3 is 10.2 Å². The van der Waals surface area contributed by atoms with Gasteiger partial charge in [-0.1, -0.05) is 30.5 Å². The molecule has 1 aliphatic rings. The van der Waals surface area contributed by atoms with Crippen LogP contribution in [0.15, 0.2) is 18.2 Å². The lowest BCUT2D eigenvalue weighted by Gasteiger charge is -2.29. The number of carboxylic acids is 1. The average molecular weight is 298 g/mol. The number of likely N-dealkylation sites (tertiary alicyclic amines) is 1. The molecule has 2 N–H and O–H groups in total. The second kappa shape index (κ2) is 7.07. The van der Waals surface area contributed by atoms with Crippen LogP contribution in [-0.2, 0) is 6.54 Å². The Bertz CT molecular complexity index is 478. The van der Waals surface area contributed by atoms with Gasteiger partial charge in [0, 0.05) is 17.6 Å². The second-order valence-electron chi connectivity index (χ2n) is 5.23. The highest BCUT2D eigenvalue weighted by Crippen LogP contribution is 2.25. The van der Waals surface area contributed by atoms with Crippen LogP contribution < -0.4 is 0 Å². The Balaban J connectivity index is 2.25. The first-order chi connectivity index (χ1) is 9.63. The van der Waals surface area contributed by atoms with E-state index in [0.29, 0.717) is 17.1 Å². The van der Waals surface area contributed by atoms with Crippen LogP contribution in [0.3, 0.4) is 0 Å². The van der Waals surface area contributed by atoms with Crippen LogP contribution in [0.4, 0.5) is 0 Å². The Morgan fingerprint density at radius 1 is 1.35 bits per heavy atom. The number of hydrogen-bond donors (Lipinski definition) is 2. The quantitative estimate of drug-likeness (QED) is 0.897. The summed E-state index contributed by atoms with van der Waals surface area (Å²) in [5.74, 6) is -0.960. The maximum Gasteiger partial charge on any atom is 0.336 e. The molecule has 0 saturated carbocycles. The van der Waals surface area contributed by atoms with Crippen molar-refractivity contribution in [2.75, 3.05) is 13.2 Å². The summed E-state index contributed by atoms with van der Waals surface area (Å²) < 4.78 is 0. The largest absolute Gasteiger partial charge is 0.478 e. The number of aliphatic hydroxyl groups is 1. The smallest absolute Gasteiger partial charge is 0.336 e. The summed E-state index contributed by atoms with van der Waals surface area (Å²) >= 11 is 6.17. The van der Waals surface area contributed by atoms with Gasteiger partial charge in [0.2, 0.25) is 0 Å². The van der Waals surface area contributed by atoms with Crippen molar-refractivity contribution >= 4 is 17.6 Å². The third-order valence-corrected chi connectivity index (χ3v) is 4.27. The highest BCUT2D eigenvalue weighted by molar-refractivity contribution is 6.31. The molecule has 20 heavy (non-hydrogen) atoms. The molecule has 0 spiro atoms. The van der Waals surface area contributed by atoms with Crippen molar-refractivity contribution in [3.8, 4) is 0 Å². The van der Waals surface area contributed by atoms with Gasteiger partial charge in [-0.3, -0.25) is 4.90 Å². The Kier molecular flexibility index (Phi) is 5.40. The number of rotatable bonds is 4. The van der Waals surface area contributed by atoms with E-state index in [-0.39, 0.29) is 18.2 Å². The summed E-state index contributed by atoms with van der Waals surface area (Å²) in [7, 11) is 0. The zero-order valence-corrected chi connectivity index (χ0v) is 12.1. The summed E-state index contributed by atoms with van der Waals surface area (Å²) in [5.41, 5.74) is 0.889. The highest BCUT2D eigenvalue weighted by Gasteiger charge is 2.23. The fourth-order valence-electron chi connectivity index (χ4n) is 2.77. The van der Waals surface area contributed by atoms with Gasteiger partial charge in [-0.2, -0.15) is 0 Å². The topological polar surface area (TPSA) is 60.8 Å². The van der Waals surface area contributed by atoms with E-state index < -0.39 is 5.97 Å². The van der Waals surface area contributed by atoms with E-state index in [1.165, 1.54) is 0 Å². The first-order valence-corrected chi connectivity index (χ1v) is 7.37. The summed E-state index contributed by atoms with van der Waals surface area (Å²) in [6.07, 6.45) is 4.28. The van der Waals surface area contributed by atoms with Gasteiger partial charge in [0.05, 0.1) is 12.2 Å². The third-order valence-electron chi connectivity index (χ3n) is 3.92. The summed E-state index contributed by atoms with van der Waals surface area (Å²) in [6, 6.07) is 5.04. The van der Waals surface area contributed by atoms with E-state index in [1.54, 1.807) is 18.2 Å². The molecule has 1 aromatic rings. The molecule has 1 aliphatic heterocycles. The minimum atomic E-state index is -0.960. The van der Waals surface area contributed by atoms with Crippen molar-refractivity contribution in [2.24, 2.45) is 0 Å². The second-order valence-corrected chi connectivity index (χ2v) is 5.63. The molecule has 4 nitrogen and oxygen atoms in total. The van der Waals surface area contributed by atoms with Crippen LogP contribution in [-0.4, -0.2) is 40.3 Å². The molecule has 1 atom stereocenters. The Morgan fingerprint density at radius 3 is 2.85 bits per heavy atom. The molecule has 1 unspecified atom stereocenters. The van der Waals surface area contributed by atoms with Gasteiger partial charge in [0.1, 0.15) is 0 Å². The molecule has 1 heterocycles. The van der Waals surface area contributed by atoms with E-state index in [9.17, 15) is 15.0 Å². The number of hydrogen-bond acceptors (Lipinski definition) is 3. The SMILES string of the molecule is O=C(O)c1cccc(Cl)c1CN1CCCCCC1CO. The summed E-state index contributed by atoms with van der Waals surface area (Å²) in [4.78, 5) is 13.5. The van der Waals surface area contributed by atoms with E-state index in [0.717, 1.165) is 32.2 Å². The van der Waals surface area contributed by atoms with Crippen LogP contribution in [0.25, 0.3) is 0 Å². The molecule has 0 aliphatic carbocycles. The third kappa shape index (κ3) is 3.51. The van der Waals surface area contributed by atoms with Crippen LogP contribution in [0.5, 0.6) is 0 Å². The molecule has 0 radical (unpaired) electrons. The number of carboxylic acid groups (broad SMARTS) is 1. The predicted molar refractivity (Wildman–Crippen MR) is 78.2 cm³/mol. The first-order valence-electron chi connectivity index (χ1n) is 6.99. The Morgan fingerprint density at radius 2 is 2.15 bits per heavy atom. The lowest BCUT2D eigenvalue weighted by molar-refractivity contribution is 0.0692. The van der Waals surface area contributed by atoms with E-state index in [1.807, 2.05) is 0 Å². The zero-order valence-electron chi connectivity index (χ0n) is 11.4. The van der Waals surface area contributed by atoms with Crippen LogP contribution in [0, 0.1) is 0 Å². The van der Waals surface area contributed by atoms with Gasteiger partial charge in [-0.25, -0.2) is 4.79 Å². The Labute approximate surface area is 124 Å². The molecular formula is C15H20ClNO3. The zero-order chi connectivity index (χ0) is 14.5. The number of aliphatic hydroxyl groups excluding tert-OH is 1. The van der Waals surface area contributed by atoms with Gasteiger partial charge in [0.25, 0.3) is 0 Å². The summed E-state index contributed by atoms with van der Waals surface area (Å²) in [6.45, 7) is 1.45. The van der Waals surface area contributed by atoms with Gasteiger partial charge in [-0.05, 0) is 37.1 Å². The standard InChI is InChI=1S/C15H20ClNO3/c16-14-7-4-6-12(15(19)20)13(14)9-17-8-3-1-2-5-11(17)10-18/h4,6-7,11,18H,1-3,5,8-10H2,(H,19,20). The average Bonchev–Trinajstić information content (AvgIpc) is 2.65. The fraction of sp³-hybridized carbons (Fsp3) is 0.533.